The molecule has 0 heterocycles. The molecule has 0 aromatic carbocycles. The summed E-state index contributed by atoms with van der Waals surface area (Å²) in [6, 6.07) is 0. The lowest BCUT2D eigenvalue weighted by Gasteiger charge is -2.22. The summed E-state index contributed by atoms with van der Waals surface area (Å²) in [5, 5.41) is 9.16. The average Bonchev–Trinajstić information content (AvgIpc) is 3.29. The summed E-state index contributed by atoms with van der Waals surface area (Å²) in [6.07, 6.45) is 47.4. The number of esters is 1. The SMILES string of the molecule is CCCCCCCCCCC(CCCCCCCC)OC(=O)OCCCCCCN(CCCCCCOC(=O)C(CCCCCCCC)CCCCCCCCCC)CCOCCO. The predicted molar refractivity (Wildman–Crippen MR) is 272 cm³/mol. The zero-order chi connectivity index (χ0) is 46.7. The summed E-state index contributed by atoms with van der Waals surface area (Å²) in [7, 11) is 0. The molecule has 0 spiro atoms. The van der Waals surface area contributed by atoms with E-state index in [9.17, 15) is 9.59 Å². The Morgan fingerprint density at radius 1 is 0.391 bits per heavy atom. The number of unbranched alkanes of at least 4 members (excludes halogenated alkanes) is 30. The van der Waals surface area contributed by atoms with Crippen molar-refractivity contribution < 1.29 is 33.6 Å². The fraction of sp³-hybridized carbons (Fsp3) is 0.964. The van der Waals surface area contributed by atoms with Crippen molar-refractivity contribution in [2.75, 3.05) is 52.7 Å². The number of carbonyl (C=O) groups excluding carboxylic acids is 2. The maximum absolute atomic E-state index is 13.2. The Balaban J connectivity index is 4.51. The molecule has 0 aliphatic carbocycles. The number of carbonyl (C=O) groups is 2. The minimum Gasteiger partial charge on any atom is -0.465 e. The van der Waals surface area contributed by atoms with Gasteiger partial charge in [0.05, 0.1) is 39.0 Å². The Bertz CT molecular complexity index is 935. The molecule has 0 saturated carbocycles. The van der Waals surface area contributed by atoms with E-state index in [4.69, 9.17) is 24.1 Å². The number of hydrogen-bond donors (Lipinski definition) is 1. The van der Waals surface area contributed by atoms with Crippen molar-refractivity contribution in [2.45, 2.75) is 291 Å². The van der Waals surface area contributed by atoms with Crippen LogP contribution in [0.25, 0.3) is 0 Å². The van der Waals surface area contributed by atoms with E-state index < -0.39 is 6.16 Å². The molecule has 0 fully saturated rings. The Morgan fingerprint density at radius 3 is 1.17 bits per heavy atom. The summed E-state index contributed by atoms with van der Waals surface area (Å²) >= 11 is 0. The van der Waals surface area contributed by atoms with Gasteiger partial charge in [-0.25, -0.2) is 4.79 Å². The van der Waals surface area contributed by atoms with E-state index in [-0.39, 0.29) is 24.6 Å². The topological polar surface area (TPSA) is 94.5 Å². The highest BCUT2D eigenvalue weighted by molar-refractivity contribution is 5.72. The zero-order valence-electron chi connectivity index (χ0n) is 43.4. The number of ether oxygens (including phenoxy) is 4. The summed E-state index contributed by atoms with van der Waals surface area (Å²) in [5.74, 6) is 0.122. The summed E-state index contributed by atoms with van der Waals surface area (Å²) in [5.41, 5.74) is 0. The highest BCUT2D eigenvalue weighted by Crippen LogP contribution is 2.22. The fourth-order valence-corrected chi connectivity index (χ4v) is 8.89. The van der Waals surface area contributed by atoms with Gasteiger partial charge in [0.25, 0.3) is 0 Å². The Kier molecular flexibility index (Phi) is 51.5. The third-order valence-corrected chi connectivity index (χ3v) is 13.2. The van der Waals surface area contributed by atoms with Crippen molar-refractivity contribution in [3.8, 4) is 0 Å². The smallest absolute Gasteiger partial charge is 0.465 e. The molecular weight excluding hydrogens is 799 g/mol. The molecule has 0 aromatic rings. The van der Waals surface area contributed by atoms with Gasteiger partial charge in [-0.3, -0.25) is 4.79 Å². The van der Waals surface area contributed by atoms with E-state index in [2.05, 4.69) is 32.6 Å². The summed E-state index contributed by atoms with van der Waals surface area (Å²) in [4.78, 5) is 28.3. The molecule has 0 bridgehead atoms. The van der Waals surface area contributed by atoms with Crippen LogP contribution in [0.5, 0.6) is 0 Å². The standard InChI is InChI=1S/C56H111NO7/c1-5-9-13-17-21-23-26-34-42-53(41-33-25-19-15-11-7-3)55(59)62-49-39-31-29-37-45-57(47-51-61-52-48-58)46-38-30-32-40-50-63-56(60)64-54(43-35-27-20-16-12-8-4)44-36-28-24-22-18-14-10-6-2/h53-54,58H,5-52H2,1-4H3. The van der Waals surface area contributed by atoms with Gasteiger partial charge in [0.15, 0.2) is 0 Å². The van der Waals surface area contributed by atoms with E-state index in [0.29, 0.717) is 26.4 Å². The molecule has 2 unspecified atom stereocenters. The number of hydrogen-bond acceptors (Lipinski definition) is 8. The second-order valence-corrected chi connectivity index (χ2v) is 19.3. The van der Waals surface area contributed by atoms with E-state index in [0.717, 1.165) is 122 Å². The van der Waals surface area contributed by atoms with Crippen molar-refractivity contribution >= 4 is 12.1 Å². The van der Waals surface area contributed by atoms with Gasteiger partial charge in [-0.1, -0.05) is 220 Å². The van der Waals surface area contributed by atoms with Crippen molar-refractivity contribution in [2.24, 2.45) is 5.92 Å². The number of rotatable bonds is 53. The zero-order valence-corrected chi connectivity index (χ0v) is 43.4. The van der Waals surface area contributed by atoms with Crippen LogP contribution in [0.4, 0.5) is 4.79 Å². The maximum Gasteiger partial charge on any atom is 0.508 e. The Morgan fingerprint density at radius 2 is 0.750 bits per heavy atom. The quantitative estimate of drug-likeness (QED) is 0.0476. The molecule has 64 heavy (non-hydrogen) atoms. The van der Waals surface area contributed by atoms with E-state index in [1.807, 2.05) is 0 Å². The predicted octanol–water partition coefficient (Wildman–Crippen LogP) is 16.7. The van der Waals surface area contributed by atoms with Crippen LogP contribution in [0.2, 0.25) is 0 Å². The highest BCUT2D eigenvalue weighted by Gasteiger charge is 2.20. The van der Waals surface area contributed by atoms with Crippen molar-refractivity contribution in [1.82, 2.24) is 4.90 Å². The van der Waals surface area contributed by atoms with E-state index in [1.165, 1.54) is 154 Å². The fourth-order valence-electron chi connectivity index (χ4n) is 8.89. The Labute approximate surface area is 398 Å². The molecule has 0 radical (unpaired) electrons. The first-order chi connectivity index (χ1) is 31.5. The molecule has 382 valence electrons. The third kappa shape index (κ3) is 45.8. The monoisotopic (exact) mass is 910 g/mol. The lowest BCUT2D eigenvalue weighted by molar-refractivity contribution is -0.149. The van der Waals surface area contributed by atoms with Crippen LogP contribution in [-0.2, 0) is 23.7 Å². The van der Waals surface area contributed by atoms with Gasteiger partial charge in [0.1, 0.15) is 6.10 Å². The van der Waals surface area contributed by atoms with E-state index >= 15 is 0 Å². The van der Waals surface area contributed by atoms with Gasteiger partial charge < -0.3 is 29.0 Å². The molecule has 0 aromatic heterocycles. The van der Waals surface area contributed by atoms with Crippen molar-refractivity contribution in [3.05, 3.63) is 0 Å². The molecule has 0 saturated heterocycles. The molecule has 0 aliphatic rings. The lowest BCUT2D eigenvalue weighted by atomic mass is 9.94. The number of aliphatic hydroxyl groups excluding tert-OH is 1. The number of nitrogens with zero attached hydrogens (tertiary/aromatic N) is 1. The van der Waals surface area contributed by atoms with Gasteiger partial charge in [-0.05, 0) is 77.3 Å². The Hall–Kier alpha value is -1.38. The summed E-state index contributed by atoms with van der Waals surface area (Å²) < 4.78 is 22.9. The largest absolute Gasteiger partial charge is 0.508 e. The summed E-state index contributed by atoms with van der Waals surface area (Å²) in [6.45, 7) is 14.0. The lowest BCUT2D eigenvalue weighted by Crippen LogP contribution is -2.30. The van der Waals surface area contributed by atoms with E-state index in [1.54, 1.807) is 0 Å². The number of aliphatic hydroxyl groups is 1. The minimum absolute atomic E-state index is 0.0184. The first kappa shape index (κ1) is 62.6. The van der Waals surface area contributed by atoms with Crippen LogP contribution in [0, 0.1) is 5.92 Å². The maximum atomic E-state index is 13.2. The normalized spacial score (nSPS) is 12.5. The molecule has 2 atom stereocenters. The van der Waals surface area contributed by atoms with Crippen LogP contribution in [0.15, 0.2) is 0 Å². The molecule has 0 aliphatic heterocycles. The molecule has 1 N–H and O–H groups in total. The van der Waals surface area contributed by atoms with Gasteiger partial charge >= 0.3 is 12.1 Å². The van der Waals surface area contributed by atoms with Crippen LogP contribution >= 0.6 is 0 Å². The van der Waals surface area contributed by atoms with Crippen LogP contribution < -0.4 is 0 Å². The van der Waals surface area contributed by atoms with Gasteiger partial charge in [-0.2, -0.15) is 0 Å². The molecular formula is C56H111NO7. The van der Waals surface area contributed by atoms with Crippen LogP contribution in [-0.4, -0.2) is 80.9 Å². The second kappa shape index (κ2) is 52.6. The molecule has 0 rings (SSSR count). The molecule has 0 amide bonds. The first-order valence-electron chi connectivity index (χ1n) is 28.4. The minimum atomic E-state index is -0.482. The van der Waals surface area contributed by atoms with Gasteiger partial charge in [0.2, 0.25) is 0 Å². The van der Waals surface area contributed by atoms with Crippen molar-refractivity contribution in [3.63, 3.8) is 0 Å². The van der Waals surface area contributed by atoms with Gasteiger partial charge in [-0.15, -0.1) is 0 Å². The third-order valence-electron chi connectivity index (χ3n) is 13.2. The molecule has 8 heteroatoms. The molecule has 8 nitrogen and oxygen atoms in total. The first-order valence-corrected chi connectivity index (χ1v) is 28.4. The second-order valence-electron chi connectivity index (χ2n) is 19.3. The van der Waals surface area contributed by atoms with Crippen molar-refractivity contribution in [1.29, 1.82) is 0 Å². The average molecular weight is 911 g/mol. The van der Waals surface area contributed by atoms with Crippen LogP contribution in [0.3, 0.4) is 0 Å². The van der Waals surface area contributed by atoms with Crippen LogP contribution in [0.1, 0.15) is 285 Å². The van der Waals surface area contributed by atoms with Gasteiger partial charge in [0, 0.05) is 6.54 Å². The highest BCUT2D eigenvalue weighted by atomic mass is 16.7.